The van der Waals surface area contributed by atoms with Gasteiger partial charge in [0.25, 0.3) is 0 Å². The maximum absolute atomic E-state index is 6.18. The van der Waals surface area contributed by atoms with Crippen molar-refractivity contribution in [3.8, 4) is 22.5 Å². The van der Waals surface area contributed by atoms with Gasteiger partial charge in [0.1, 0.15) is 5.58 Å². The zero-order chi connectivity index (χ0) is 27.4. The number of benzene rings is 4. The summed E-state index contributed by atoms with van der Waals surface area (Å²) in [5.74, 6) is 0. The van der Waals surface area contributed by atoms with E-state index in [1.165, 1.54) is 11.1 Å². The SMILES string of the molecule is CC(C)(c1ccccc1)c1ccnc(-c2[c-]ccc3c2oc2ccccc23)c1.[Ir].[c-]1ccccc1-c1ccccn1. The van der Waals surface area contributed by atoms with E-state index < -0.39 is 0 Å². The summed E-state index contributed by atoms with van der Waals surface area (Å²) in [5.41, 5.74) is 7.89. The molecule has 3 aromatic heterocycles. The second-order valence-corrected chi connectivity index (χ2v) is 10.1. The van der Waals surface area contributed by atoms with Crippen LogP contribution in [0.2, 0.25) is 0 Å². The topological polar surface area (TPSA) is 38.9 Å². The summed E-state index contributed by atoms with van der Waals surface area (Å²) in [6.45, 7) is 4.49. The number of pyridine rings is 2. The number of hydrogen-bond acceptors (Lipinski definition) is 3. The van der Waals surface area contributed by atoms with Crippen molar-refractivity contribution in [3.63, 3.8) is 0 Å². The van der Waals surface area contributed by atoms with Crippen LogP contribution in [0, 0.1) is 12.1 Å². The van der Waals surface area contributed by atoms with E-state index in [9.17, 15) is 0 Å². The minimum absolute atomic E-state index is 0. The molecule has 0 amide bonds. The molecule has 3 nitrogen and oxygen atoms in total. The van der Waals surface area contributed by atoms with Crippen LogP contribution < -0.4 is 0 Å². The standard InChI is InChI=1S/C26H20NO.C11H8N.Ir/c1-26(2,18-9-4-3-5-10-18)19-15-16-27-23(17-19)22-13-8-12-21-20-11-6-7-14-24(20)28-25(21)22;1-2-6-10(7-3-1)11-8-4-5-9-12-11;/h3-12,14-17H,1-2H3;1-6,8-9H;/q2*-1;. The Morgan fingerprint density at radius 2 is 1.37 bits per heavy atom. The van der Waals surface area contributed by atoms with Gasteiger partial charge in [0.05, 0.1) is 5.58 Å². The molecule has 0 saturated carbocycles. The molecule has 203 valence electrons. The van der Waals surface area contributed by atoms with Crippen molar-refractivity contribution < 1.29 is 24.5 Å². The van der Waals surface area contributed by atoms with E-state index in [0.717, 1.165) is 44.5 Å². The van der Waals surface area contributed by atoms with Crippen LogP contribution in [0.1, 0.15) is 25.0 Å². The molecule has 0 aliphatic carbocycles. The largest absolute Gasteiger partial charge is 0.501 e. The first-order valence-corrected chi connectivity index (χ1v) is 13.3. The third-order valence-electron chi connectivity index (χ3n) is 7.22. The van der Waals surface area contributed by atoms with Crippen molar-refractivity contribution in [2.45, 2.75) is 19.3 Å². The van der Waals surface area contributed by atoms with Crippen molar-refractivity contribution in [2.24, 2.45) is 0 Å². The van der Waals surface area contributed by atoms with Crippen molar-refractivity contribution >= 4 is 21.9 Å². The average molecular weight is 709 g/mol. The van der Waals surface area contributed by atoms with E-state index in [4.69, 9.17) is 4.42 Å². The zero-order valence-corrected chi connectivity index (χ0v) is 25.2. The van der Waals surface area contributed by atoms with E-state index >= 15 is 0 Å². The van der Waals surface area contributed by atoms with Crippen LogP contribution in [0.15, 0.2) is 138 Å². The van der Waals surface area contributed by atoms with Gasteiger partial charge in [-0.15, -0.1) is 54.1 Å². The minimum Gasteiger partial charge on any atom is -0.501 e. The van der Waals surface area contributed by atoms with Crippen LogP contribution in [0.4, 0.5) is 0 Å². The van der Waals surface area contributed by atoms with Crippen LogP contribution in [0.3, 0.4) is 0 Å². The number of aromatic nitrogens is 2. The Morgan fingerprint density at radius 3 is 2.15 bits per heavy atom. The maximum Gasteiger partial charge on any atom is 0.120 e. The molecule has 0 unspecified atom stereocenters. The summed E-state index contributed by atoms with van der Waals surface area (Å²) >= 11 is 0. The molecule has 1 radical (unpaired) electrons. The first-order valence-electron chi connectivity index (χ1n) is 13.3. The molecule has 0 N–H and O–H groups in total. The van der Waals surface area contributed by atoms with Gasteiger partial charge >= 0.3 is 0 Å². The number of rotatable bonds is 4. The van der Waals surface area contributed by atoms with E-state index in [1.807, 2.05) is 72.9 Å². The summed E-state index contributed by atoms with van der Waals surface area (Å²) in [6.07, 6.45) is 3.67. The number of hydrogen-bond donors (Lipinski definition) is 0. The predicted octanol–water partition coefficient (Wildman–Crippen LogP) is 9.32. The molecule has 0 bridgehead atoms. The Bertz CT molecular complexity index is 1830. The Morgan fingerprint density at radius 1 is 0.610 bits per heavy atom. The molecule has 0 fully saturated rings. The van der Waals surface area contributed by atoms with Crippen molar-refractivity contribution in [1.82, 2.24) is 9.97 Å². The number of furan rings is 1. The van der Waals surface area contributed by atoms with Gasteiger partial charge in [0, 0.05) is 43.3 Å². The Labute approximate surface area is 254 Å². The van der Waals surface area contributed by atoms with Gasteiger partial charge in [-0.25, -0.2) is 0 Å². The number of fused-ring (bicyclic) bond motifs is 3. The molecule has 0 aliphatic rings. The molecular weight excluding hydrogens is 681 g/mol. The van der Waals surface area contributed by atoms with E-state index in [0.29, 0.717) is 0 Å². The quantitative estimate of drug-likeness (QED) is 0.171. The Kier molecular flexibility index (Phi) is 8.54. The van der Waals surface area contributed by atoms with Crippen LogP contribution in [0.25, 0.3) is 44.5 Å². The van der Waals surface area contributed by atoms with E-state index in [1.54, 1.807) is 6.20 Å². The second kappa shape index (κ2) is 12.4. The van der Waals surface area contributed by atoms with Gasteiger partial charge in [0.2, 0.25) is 0 Å². The summed E-state index contributed by atoms with van der Waals surface area (Å²) in [5, 5.41) is 2.22. The first kappa shape index (κ1) is 28.2. The third-order valence-corrected chi connectivity index (χ3v) is 7.22. The van der Waals surface area contributed by atoms with Gasteiger partial charge in [-0.05, 0) is 40.7 Å². The van der Waals surface area contributed by atoms with Gasteiger partial charge in [-0.1, -0.05) is 91.5 Å². The summed E-state index contributed by atoms with van der Waals surface area (Å²) in [6, 6.07) is 47.1. The first-order chi connectivity index (χ1) is 19.6. The average Bonchev–Trinajstić information content (AvgIpc) is 3.42. The third kappa shape index (κ3) is 5.90. The van der Waals surface area contributed by atoms with Crippen LogP contribution >= 0.6 is 0 Å². The summed E-state index contributed by atoms with van der Waals surface area (Å²) in [7, 11) is 0. The molecule has 0 aliphatic heterocycles. The zero-order valence-electron chi connectivity index (χ0n) is 22.8. The molecule has 3 heterocycles. The van der Waals surface area contributed by atoms with Gasteiger partial charge in [0.15, 0.2) is 0 Å². The van der Waals surface area contributed by atoms with Crippen molar-refractivity contribution in [1.29, 1.82) is 0 Å². The molecule has 0 atom stereocenters. The van der Waals surface area contributed by atoms with E-state index in [-0.39, 0.29) is 25.5 Å². The van der Waals surface area contributed by atoms with Crippen molar-refractivity contribution in [3.05, 3.63) is 157 Å². The number of para-hydroxylation sites is 1. The van der Waals surface area contributed by atoms with Crippen LogP contribution in [0.5, 0.6) is 0 Å². The predicted molar refractivity (Wildman–Crippen MR) is 163 cm³/mol. The van der Waals surface area contributed by atoms with Crippen LogP contribution in [-0.2, 0) is 25.5 Å². The molecule has 7 aromatic rings. The monoisotopic (exact) mass is 709 g/mol. The van der Waals surface area contributed by atoms with Gasteiger partial charge in [-0.2, -0.15) is 0 Å². The minimum atomic E-state index is -0.124. The fourth-order valence-electron chi connectivity index (χ4n) is 4.93. The molecule has 0 saturated heterocycles. The molecule has 7 rings (SSSR count). The summed E-state index contributed by atoms with van der Waals surface area (Å²) in [4.78, 5) is 8.86. The maximum atomic E-state index is 6.18. The smallest absolute Gasteiger partial charge is 0.120 e. The van der Waals surface area contributed by atoms with Crippen LogP contribution in [-0.4, -0.2) is 9.97 Å². The van der Waals surface area contributed by atoms with Crippen molar-refractivity contribution in [2.75, 3.05) is 0 Å². The van der Waals surface area contributed by atoms with Gasteiger partial charge in [-0.3, -0.25) is 0 Å². The van der Waals surface area contributed by atoms with E-state index in [2.05, 4.69) is 90.5 Å². The molecule has 0 spiro atoms. The summed E-state index contributed by atoms with van der Waals surface area (Å²) < 4.78 is 6.18. The molecule has 41 heavy (non-hydrogen) atoms. The fourth-order valence-corrected chi connectivity index (χ4v) is 4.93. The number of nitrogens with zero attached hydrogens (tertiary/aromatic N) is 2. The normalized spacial score (nSPS) is 11.0. The molecule has 4 heteroatoms. The Balaban J connectivity index is 0.000000218. The molecular formula is C37H28IrN2O-2. The second-order valence-electron chi connectivity index (χ2n) is 10.1. The Hall–Kier alpha value is -4.37. The van der Waals surface area contributed by atoms with Gasteiger partial charge < -0.3 is 14.4 Å². The fraction of sp³-hybridized carbons (Fsp3) is 0.0811. The molecule has 4 aromatic carbocycles.